The van der Waals surface area contributed by atoms with Gasteiger partial charge < -0.3 is 19.7 Å². The Hall–Kier alpha value is -2.44. The second-order valence-corrected chi connectivity index (χ2v) is 9.60. The molecule has 1 atom stereocenters. The fourth-order valence-corrected chi connectivity index (χ4v) is 5.33. The predicted octanol–water partition coefficient (Wildman–Crippen LogP) is 3.84. The molecule has 162 valence electrons. The average Bonchev–Trinajstić information content (AvgIpc) is 3.05. The van der Waals surface area contributed by atoms with Crippen LogP contribution in [0.5, 0.6) is 11.5 Å². The second-order valence-electron chi connectivity index (χ2n) is 8.73. The third-order valence-electron chi connectivity index (χ3n) is 6.37. The molecule has 6 nitrogen and oxygen atoms in total. The molecule has 0 unspecified atom stereocenters. The maximum Gasteiger partial charge on any atom is 0.258 e. The topological polar surface area (TPSA) is 67.9 Å². The first-order valence-corrected chi connectivity index (χ1v) is 11.0. The standard InChI is InChI=1S/C23H22Cl2N2O4/c24-15-1-5-17(6-2-15)30-11-20(28)26-22-12-23(13-22,14-22)27-10-19(9-21(27)29)31-18-7-3-16(25)4-8-18/h1-8,19H,9-14H2,(H,26,28)/t19-,22?,23?/m1/s1. The Morgan fingerprint density at radius 2 is 1.58 bits per heavy atom. The Balaban J connectivity index is 1.10. The number of hydrogen-bond acceptors (Lipinski definition) is 4. The van der Waals surface area contributed by atoms with Gasteiger partial charge in [0.25, 0.3) is 5.91 Å². The summed E-state index contributed by atoms with van der Waals surface area (Å²) < 4.78 is 11.5. The van der Waals surface area contributed by atoms with Crippen LogP contribution < -0.4 is 14.8 Å². The summed E-state index contributed by atoms with van der Waals surface area (Å²) in [5.41, 5.74) is -0.352. The summed E-state index contributed by atoms with van der Waals surface area (Å²) in [4.78, 5) is 26.9. The Kier molecular flexibility index (Phi) is 5.02. The molecule has 2 amide bonds. The molecule has 3 aliphatic carbocycles. The smallest absolute Gasteiger partial charge is 0.258 e. The van der Waals surface area contributed by atoms with Crippen molar-refractivity contribution in [3.8, 4) is 11.5 Å². The van der Waals surface area contributed by atoms with E-state index in [9.17, 15) is 9.59 Å². The van der Waals surface area contributed by atoms with Gasteiger partial charge in [-0.05, 0) is 67.8 Å². The van der Waals surface area contributed by atoms with Crippen molar-refractivity contribution in [2.24, 2.45) is 0 Å². The fourth-order valence-electron chi connectivity index (χ4n) is 5.08. The molecule has 2 bridgehead atoms. The Labute approximate surface area is 190 Å². The summed E-state index contributed by atoms with van der Waals surface area (Å²) in [7, 11) is 0. The van der Waals surface area contributed by atoms with E-state index in [0.29, 0.717) is 34.5 Å². The van der Waals surface area contributed by atoms with Gasteiger partial charge in [0.1, 0.15) is 17.6 Å². The summed E-state index contributed by atoms with van der Waals surface area (Å²) in [6.07, 6.45) is 2.56. The molecule has 2 aromatic carbocycles. The molecule has 1 saturated heterocycles. The van der Waals surface area contributed by atoms with Crippen LogP contribution in [0.25, 0.3) is 0 Å². The Bertz CT molecular complexity index is 989. The molecule has 0 aromatic heterocycles. The molecule has 4 aliphatic rings. The number of ether oxygens (including phenoxy) is 2. The molecule has 1 N–H and O–H groups in total. The maximum absolute atomic E-state index is 12.6. The minimum Gasteiger partial charge on any atom is -0.488 e. The van der Waals surface area contributed by atoms with Gasteiger partial charge in [0, 0.05) is 21.1 Å². The highest BCUT2D eigenvalue weighted by Gasteiger charge is 2.72. The van der Waals surface area contributed by atoms with Crippen LogP contribution in [0.15, 0.2) is 48.5 Å². The summed E-state index contributed by atoms with van der Waals surface area (Å²) >= 11 is 11.8. The van der Waals surface area contributed by atoms with Crippen molar-refractivity contribution in [3.63, 3.8) is 0 Å². The molecule has 1 heterocycles. The van der Waals surface area contributed by atoms with Crippen LogP contribution in [-0.2, 0) is 9.59 Å². The van der Waals surface area contributed by atoms with E-state index in [0.717, 1.165) is 19.3 Å². The van der Waals surface area contributed by atoms with E-state index in [-0.39, 0.29) is 35.6 Å². The van der Waals surface area contributed by atoms with Crippen molar-refractivity contribution in [2.75, 3.05) is 13.2 Å². The van der Waals surface area contributed by atoms with Crippen molar-refractivity contribution in [2.45, 2.75) is 42.9 Å². The summed E-state index contributed by atoms with van der Waals surface area (Å²) in [5.74, 6) is 1.28. The van der Waals surface area contributed by atoms with Crippen LogP contribution in [0.1, 0.15) is 25.7 Å². The number of carbonyl (C=O) groups is 2. The second kappa shape index (κ2) is 7.61. The molecule has 4 fully saturated rings. The molecule has 8 heteroatoms. The number of carbonyl (C=O) groups excluding carboxylic acids is 2. The monoisotopic (exact) mass is 460 g/mol. The molecule has 6 rings (SSSR count). The number of likely N-dealkylation sites (tertiary alicyclic amines) is 1. The van der Waals surface area contributed by atoms with E-state index < -0.39 is 0 Å². The highest BCUT2D eigenvalue weighted by atomic mass is 35.5. The Morgan fingerprint density at radius 3 is 2.19 bits per heavy atom. The van der Waals surface area contributed by atoms with Gasteiger partial charge >= 0.3 is 0 Å². The van der Waals surface area contributed by atoms with Crippen LogP contribution in [0.2, 0.25) is 10.0 Å². The van der Waals surface area contributed by atoms with Crippen LogP contribution in [0.3, 0.4) is 0 Å². The molecular formula is C23H22Cl2N2O4. The maximum atomic E-state index is 12.6. The average molecular weight is 461 g/mol. The first-order valence-electron chi connectivity index (χ1n) is 10.3. The number of hydrogen-bond donors (Lipinski definition) is 1. The van der Waals surface area contributed by atoms with Crippen LogP contribution in [0.4, 0.5) is 0 Å². The van der Waals surface area contributed by atoms with Crippen molar-refractivity contribution in [1.82, 2.24) is 10.2 Å². The number of benzene rings is 2. The molecule has 3 saturated carbocycles. The normalized spacial score (nSPS) is 28.5. The zero-order chi connectivity index (χ0) is 21.6. The fraction of sp³-hybridized carbons (Fsp3) is 0.391. The summed E-state index contributed by atoms with van der Waals surface area (Å²) in [6, 6.07) is 14.1. The van der Waals surface area contributed by atoms with Crippen LogP contribution in [0, 0.1) is 0 Å². The zero-order valence-electron chi connectivity index (χ0n) is 16.8. The molecule has 0 radical (unpaired) electrons. The van der Waals surface area contributed by atoms with Gasteiger partial charge in [0.15, 0.2) is 6.61 Å². The van der Waals surface area contributed by atoms with Gasteiger partial charge in [-0.25, -0.2) is 0 Å². The van der Waals surface area contributed by atoms with Gasteiger partial charge in [-0.1, -0.05) is 23.2 Å². The van der Waals surface area contributed by atoms with Crippen molar-refractivity contribution in [1.29, 1.82) is 0 Å². The lowest BCUT2D eigenvalue weighted by Crippen LogP contribution is -2.84. The molecule has 1 aliphatic heterocycles. The SMILES string of the molecule is O=C(COc1ccc(Cl)cc1)NC12CC(N3C[C@H](Oc4ccc(Cl)cc4)CC3=O)(C1)C2. The van der Waals surface area contributed by atoms with E-state index in [1.165, 1.54) is 0 Å². The lowest BCUT2D eigenvalue weighted by atomic mass is 9.43. The van der Waals surface area contributed by atoms with E-state index >= 15 is 0 Å². The van der Waals surface area contributed by atoms with Crippen molar-refractivity contribution >= 4 is 35.0 Å². The van der Waals surface area contributed by atoms with Crippen molar-refractivity contribution in [3.05, 3.63) is 58.6 Å². The van der Waals surface area contributed by atoms with E-state index in [4.69, 9.17) is 32.7 Å². The van der Waals surface area contributed by atoms with Gasteiger partial charge in [-0.15, -0.1) is 0 Å². The van der Waals surface area contributed by atoms with Crippen LogP contribution >= 0.6 is 23.2 Å². The number of rotatable bonds is 7. The lowest BCUT2D eigenvalue weighted by molar-refractivity contribution is -0.187. The zero-order valence-corrected chi connectivity index (χ0v) is 18.3. The third kappa shape index (κ3) is 3.94. The van der Waals surface area contributed by atoms with Gasteiger partial charge in [-0.2, -0.15) is 0 Å². The Morgan fingerprint density at radius 1 is 1.00 bits per heavy atom. The summed E-state index contributed by atoms with van der Waals surface area (Å²) in [6.45, 7) is 0.529. The summed E-state index contributed by atoms with van der Waals surface area (Å²) in [5, 5.41) is 4.36. The largest absolute Gasteiger partial charge is 0.488 e. The number of nitrogens with zero attached hydrogens (tertiary/aromatic N) is 1. The quantitative estimate of drug-likeness (QED) is 0.681. The number of nitrogens with one attached hydrogen (secondary N) is 1. The minimum atomic E-state index is -0.212. The first-order chi connectivity index (χ1) is 14.8. The highest BCUT2D eigenvalue weighted by molar-refractivity contribution is 6.30. The van der Waals surface area contributed by atoms with E-state index in [2.05, 4.69) is 5.32 Å². The van der Waals surface area contributed by atoms with Gasteiger partial charge in [0.2, 0.25) is 5.91 Å². The third-order valence-corrected chi connectivity index (χ3v) is 6.87. The van der Waals surface area contributed by atoms with Gasteiger partial charge in [0.05, 0.1) is 13.0 Å². The molecule has 2 aromatic rings. The van der Waals surface area contributed by atoms with Crippen molar-refractivity contribution < 1.29 is 19.1 Å². The highest BCUT2D eigenvalue weighted by Crippen LogP contribution is 2.64. The van der Waals surface area contributed by atoms with Gasteiger partial charge in [-0.3, -0.25) is 9.59 Å². The van der Waals surface area contributed by atoms with E-state index in [1.54, 1.807) is 36.4 Å². The van der Waals surface area contributed by atoms with E-state index in [1.807, 2.05) is 17.0 Å². The lowest BCUT2D eigenvalue weighted by Gasteiger charge is -2.73. The number of halogens is 2. The number of amides is 2. The first kappa shape index (κ1) is 20.5. The van der Waals surface area contributed by atoms with Crippen LogP contribution in [-0.4, -0.2) is 47.0 Å². The molecule has 31 heavy (non-hydrogen) atoms. The minimum absolute atomic E-state index is 0.0456. The predicted molar refractivity (Wildman–Crippen MR) is 117 cm³/mol. The molecule has 0 spiro atoms. The molecular weight excluding hydrogens is 439 g/mol.